The van der Waals surface area contributed by atoms with Gasteiger partial charge in [0.05, 0.1) is 17.0 Å². The number of hydrogen-bond acceptors (Lipinski definition) is 6. The lowest BCUT2D eigenvalue weighted by atomic mass is 10.1. The molecule has 0 unspecified atom stereocenters. The summed E-state index contributed by atoms with van der Waals surface area (Å²) in [7, 11) is 1.56. The molecule has 2 aromatic carbocycles. The van der Waals surface area contributed by atoms with Crippen molar-refractivity contribution in [2.24, 2.45) is 0 Å². The van der Waals surface area contributed by atoms with Crippen LogP contribution in [0.3, 0.4) is 0 Å². The third-order valence-corrected chi connectivity index (χ3v) is 7.67. The van der Waals surface area contributed by atoms with E-state index < -0.39 is 5.25 Å². The maximum absolute atomic E-state index is 13.5. The number of anilines is 1. The van der Waals surface area contributed by atoms with Crippen molar-refractivity contribution in [2.75, 3.05) is 12.4 Å². The van der Waals surface area contributed by atoms with Crippen molar-refractivity contribution in [1.82, 2.24) is 14.8 Å². The number of hydrogen-bond donors (Lipinski definition) is 1. The van der Waals surface area contributed by atoms with Crippen molar-refractivity contribution < 1.29 is 9.53 Å². The summed E-state index contributed by atoms with van der Waals surface area (Å²) in [6.07, 6.45) is 2.19. The standard InChI is InChI=1S/C24H21ClN4O2S2/c1-31-19-12-9-16(14-18(19)25)26-23(30)21(15-6-3-2-4-7-15)33-24-28-27-22(20-8-5-13-32-20)29(24)17-10-11-17/h2-9,12-14,17,21H,10-11H2,1H3,(H,26,30)/t21-/m0/s1. The average molecular weight is 497 g/mol. The van der Waals surface area contributed by atoms with Crippen molar-refractivity contribution in [3.05, 3.63) is 76.6 Å². The number of halogens is 1. The number of aromatic nitrogens is 3. The summed E-state index contributed by atoms with van der Waals surface area (Å²) in [6.45, 7) is 0. The number of nitrogens with zero attached hydrogens (tertiary/aromatic N) is 3. The molecule has 1 N–H and O–H groups in total. The van der Waals surface area contributed by atoms with Gasteiger partial charge in [0.15, 0.2) is 11.0 Å². The summed E-state index contributed by atoms with van der Waals surface area (Å²) >= 11 is 9.31. The van der Waals surface area contributed by atoms with Gasteiger partial charge in [0.2, 0.25) is 5.91 Å². The van der Waals surface area contributed by atoms with Crippen LogP contribution >= 0.6 is 34.7 Å². The van der Waals surface area contributed by atoms with Gasteiger partial charge in [-0.2, -0.15) is 0 Å². The third kappa shape index (κ3) is 4.78. The van der Waals surface area contributed by atoms with Crippen LogP contribution in [0.1, 0.15) is 29.7 Å². The number of methoxy groups -OCH3 is 1. The molecule has 0 saturated heterocycles. The summed E-state index contributed by atoms with van der Waals surface area (Å²) in [6, 6.07) is 19.4. The molecule has 0 aliphatic heterocycles. The smallest absolute Gasteiger partial charge is 0.242 e. The Morgan fingerprint density at radius 2 is 2.00 bits per heavy atom. The summed E-state index contributed by atoms with van der Waals surface area (Å²) in [5.74, 6) is 1.27. The van der Waals surface area contributed by atoms with Gasteiger partial charge in [0, 0.05) is 11.7 Å². The van der Waals surface area contributed by atoms with Crippen LogP contribution in [0.15, 0.2) is 71.2 Å². The van der Waals surface area contributed by atoms with E-state index in [1.165, 1.54) is 11.8 Å². The molecule has 0 spiro atoms. The molecule has 1 fully saturated rings. The van der Waals surface area contributed by atoms with Gasteiger partial charge in [-0.3, -0.25) is 9.36 Å². The molecule has 1 saturated carbocycles. The molecule has 5 rings (SSSR count). The summed E-state index contributed by atoms with van der Waals surface area (Å²) < 4.78 is 7.39. The number of carbonyl (C=O) groups excluding carboxylic acids is 1. The molecule has 168 valence electrons. The zero-order chi connectivity index (χ0) is 22.8. The highest BCUT2D eigenvalue weighted by atomic mass is 35.5. The number of thiophene rings is 1. The van der Waals surface area contributed by atoms with Crippen LogP contribution in [0.5, 0.6) is 5.75 Å². The molecular weight excluding hydrogens is 476 g/mol. The van der Waals surface area contributed by atoms with E-state index in [0.29, 0.717) is 22.5 Å². The van der Waals surface area contributed by atoms with Crippen molar-refractivity contribution in [3.63, 3.8) is 0 Å². The zero-order valence-electron chi connectivity index (χ0n) is 17.8. The fourth-order valence-electron chi connectivity index (χ4n) is 3.55. The molecule has 1 atom stereocenters. The number of amides is 1. The summed E-state index contributed by atoms with van der Waals surface area (Å²) in [5, 5.41) is 14.7. The first-order valence-electron chi connectivity index (χ1n) is 10.5. The second kappa shape index (κ2) is 9.59. The molecule has 33 heavy (non-hydrogen) atoms. The SMILES string of the molecule is COc1ccc(NC(=O)[C@@H](Sc2nnc(-c3cccs3)n2C2CC2)c2ccccc2)cc1Cl. The minimum atomic E-state index is -0.509. The Bertz CT molecular complexity index is 1260. The predicted octanol–water partition coefficient (Wildman–Crippen LogP) is 6.48. The molecule has 4 aromatic rings. The van der Waals surface area contributed by atoms with E-state index in [1.807, 2.05) is 41.8 Å². The highest BCUT2D eigenvalue weighted by molar-refractivity contribution is 8.00. The number of carbonyl (C=O) groups is 1. The van der Waals surface area contributed by atoms with E-state index in [2.05, 4.69) is 26.1 Å². The average Bonchev–Trinajstić information content (AvgIpc) is 3.34. The molecule has 1 aliphatic rings. The molecule has 2 aromatic heterocycles. The van der Waals surface area contributed by atoms with Gasteiger partial charge < -0.3 is 10.1 Å². The second-order valence-corrected chi connectivity index (χ2v) is 10.1. The van der Waals surface area contributed by atoms with Crippen LogP contribution in [-0.4, -0.2) is 27.8 Å². The second-order valence-electron chi connectivity index (χ2n) is 7.63. The zero-order valence-corrected chi connectivity index (χ0v) is 20.2. The molecular formula is C24H21ClN4O2S2. The normalized spacial score (nSPS) is 14.1. The Morgan fingerprint density at radius 3 is 2.67 bits per heavy atom. The molecule has 0 radical (unpaired) electrons. The van der Waals surface area contributed by atoms with Crippen molar-refractivity contribution in [2.45, 2.75) is 29.3 Å². The minimum absolute atomic E-state index is 0.157. The molecule has 6 nitrogen and oxygen atoms in total. The molecule has 1 amide bonds. The number of ether oxygens (including phenoxy) is 1. The number of thioether (sulfide) groups is 1. The largest absolute Gasteiger partial charge is 0.495 e. The van der Waals surface area contributed by atoms with Crippen LogP contribution in [0, 0.1) is 0 Å². The van der Waals surface area contributed by atoms with Crippen LogP contribution in [0.25, 0.3) is 10.7 Å². The first-order valence-corrected chi connectivity index (χ1v) is 12.6. The first-order chi connectivity index (χ1) is 16.1. The van der Waals surface area contributed by atoms with Gasteiger partial charge in [-0.25, -0.2) is 0 Å². The van der Waals surface area contributed by atoms with Crippen molar-refractivity contribution >= 4 is 46.3 Å². The molecule has 2 heterocycles. The Labute approximate surface area is 205 Å². The van der Waals surface area contributed by atoms with Crippen LogP contribution in [-0.2, 0) is 4.79 Å². The van der Waals surface area contributed by atoms with Gasteiger partial charge in [0.25, 0.3) is 0 Å². The summed E-state index contributed by atoms with van der Waals surface area (Å²) in [4.78, 5) is 14.5. The Balaban J connectivity index is 1.46. The maximum atomic E-state index is 13.5. The quantitative estimate of drug-likeness (QED) is 0.283. The highest BCUT2D eigenvalue weighted by Crippen LogP contribution is 2.45. The fourth-order valence-corrected chi connectivity index (χ4v) is 5.62. The van der Waals surface area contributed by atoms with E-state index in [9.17, 15) is 4.79 Å². The molecule has 9 heteroatoms. The Kier molecular flexibility index (Phi) is 6.39. The Morgan fingerprint density at radius 1 is 1.18 bits per heavy atom. The summed E-state index contributed by atoms with van der Waals surface area (Å²) in [5.41, 5.74) is 1.50. The van der Waals surface area contributed by atoms with Gasteiger partial charge in [-0.05, 0) is 48.1 Å². The van der Waals surface area contributed by atoms with Crippen LogP contribution in [0.2, 0.25) is 5.02 Å². The van der Waals surface area contributed by atoms with Crippen LogP contribution < -0.4 is 10.1 Å². The lowest BCUT2D eigenvalue weighted by Crippen LogP contribution is -2.19. The lowest BCUT2D eigenvalue weighted by Gasteiger charge is -2.18. The van der Waals surface area contributed by atoms with E-state index in [1.54, 1.807) is 36.6 Å². The number of nitrogens with one attached hydrogen (secondary N) is 1. The third-order valence-electron chi connectivity index (χ3n) is 5.30. The van der Waals surface area contributed by atoms with E-state index >= 15 is 0 Å². The van der Waals surface area contributed by atoms with Crippen LogP contribution in [0.4, 0.5) is 5.69 Å². The predicted molar refractivity (Wildman–Crippen MR) is 133 cm³/mol. The van der Waals surface area contributed by atoms with E-state index in [4.69, 9.17) is 16.3 Å². The van der Waals surface area contributed by atoms with Crippen molar-refractivity contribution in [3.8, 4) is 16.5 Å². The van der Waals surface area contributed by atoms with Gasteiger partial charge in [-0.15, -0.1) is 21.5 Å². The first kappa shape index (κ1) is 22.0. The highest BCUT2D eigenvalue weighted by Gasteiger charge is 2.33. The lowest BCUT2D eigenvalue weighted by molar-refractivity contribution is -0.115. The monoisotopic (exact) mass is 496 g/mol. The van der Waals surface area contributed by atoms with Gasteiger partial charge >= 0.3 is 0 Å². The van der Waals surface area contributed by atoms with Gasteiger partial charge in [-0.1, -0.05) is 59.8 Å². The van der Waals surface area contributed by atoms with Crippen molar-refractivity contribution in [1.29, 1.82) is 0 Å². The number of rotatable bonds is 8. The van der Waals surface area contributed by atoms with Gasteiger partial charge in [0.1, 0.15) is 11.0 Å². The Hall–Kier alpha value is -2.81. The number of benzene rings is 2. The fraction of sp³-hybridized carbons (Fsp3) is 0.208. The molecule has 0 bridgehead atoms. The van der Waals surface area contributed by atoms with E-state index in [0.717, 1.165) is 34.3 Å². The van der Waals surface area contributed by atoms with E-state index in [-0.39, 0.29) is 5.91 Å². The molecule has 1 aliphatic carbocycles. The topological polar surface area (TPSA) is 69.0 Å². The minimum Gasteiger partial charge on any atom is -0.495 e. The maximum Gasteiger partial charge on any atom is 0.242 e.